The number of anilines is 1. The third-order valence-corrected chi connectivity index (χ3v) is 5.98. The first-order valence-electron chi connectivity index (χ1n) is 7.14. The molecule has 6 nitrogen and oxygen atoms in total. The fourth-order valence-electron chi connectivity index (χ4n) is 3.86. The van der Waals surface area contributed by atoms with Crippen molar-refractivity contribution in [1.82, 2.24) is 4.37 Å². The lowest BCUT2D eigenvalue weighted by molar-refractivity contribution is -0.124. The molecular weight excluding hydrogens is 290 g/mol. The molecule has 114 valence electrons. The van der Waals surface area contributed by atoms with Gasteiger partial charge in [0.25, 0.3) is 0 Å². The van der Waals surface area contributed by atoms with E-state index in [4.69, 9.17) is 5.73 Å². The molecule has 1 aromatic heterocycles. The molecular formula is C14H19N3O3S. The zero-order valence-electron chi connectivity index (χ0n) is 12.1. The van der Waals surface area contributed by atoms with Crippen LogP contribution < -0.4 is 10.6 Å². The fraction of sp³-hybridized carbons (Fsp3) is 0.643. The van der Waals surface area contributed by atoms with Gasteiger partial charge >= 0.3 is 5.97 Å². The Bertz CT molecular complexity index is 598. The first-order valence-corrected chi connectivity index (χ1v) is 7.91. The first-order chi connectivity index (χ1) is 9.91. The summed E-state index contributed by atoms with van der Waals surface area (Å²) < 4.78 is 4.07. The van der Waals surface area contributed by atoms with Gasteiger partial charge in [0, 0.05) is 13.1 Å². The molecule has 21 heavy (non-hydrogen) atoms. The number of nitrogens with two attached hydrogens (primary N) is 1. The smallest absolute Gasteiger partial charge is 0.340 e. The molecule has 1 amide bonds. The van der Waals surface area contributed by atoms with Crippen LogP contribution in [0, 0.1) is 24.7 Å². The second-order valence-electron chi connectivity index (χ2n) is 6.09. The molecule has 4 unspecified atom stereocenters. The van der Waals surface area contributed by atoms with Gasteiger partial charge in [0.15, 0.2) is 0 Å². The van der Waals surface area contributed by atoms with Crippen molar-refractivity contribution in [2.75, 3.05) is 11.9 Å². The molecule has 3 rings (SSSR count). The number of aryl methyl sites for hydroxylation is 1. The van der Waals surface area contributed by atoms with E-state index in [1.807, 2.05) is 0 Å². The minimum absolute atomic E-state index is 0.0687. The second kappa shape index (κ2) is 5.06. The molecule has 2 aliphatic rings. The monoisotopic (exact) mass is 309 g/mol. The molecule has 1 aromatic rings. The Hall–Kier alpha value is -1.47. The molecule has 0 saturated heterocycles. The summed E-state index contributed by atoms with van der Waals surface area (Å²) >= 11 is 1.05. The highest BCUT2D eigenvalue weighted by Gasteiger charge is 2.50. The molecule has 3 N–H and O–H groups in total. The molecule has 7 heteroatoms. The maximum atomic E-state index is 12.8. The maximum Gasteiger partial charge on any atom is 0.340 e. The number of rotatable bonds is 3. The van der Waals surface area contributed by atoms with E-state index in [-0.39, 0.29) is 23.4 Å². The number of hydrogen-bond acceptors (Lipinski definition) is 5. The molecule has 0 spiro atoms. The van der Waals surface area contributed by atoms with E-state index in [1.54, 1.807) is 14.0 Å². The molecule has 2 aliphatic carbocycles. The van der Waals surface area contributed by atoms with Gasteiger partial charge in [-0.15, -0.1) is 0 Å². The number of carbonyl (C=O) groups excluding carboxylic acids is 1. The van der Waals surface area contributed by atoms with Gasteiger partial charge in [0.1, 0.15) is 10.6 Å². The number of aromatic nitrogens is 1. The lowest BCUT2D eigenvalue weighted by Gasteiger charge is -2.30. The normalized spacial score (nSPS) is 30.6. The first kappa shape index (κ1) is 14.5. The van der Waals surface area contributed by atoms with Gasteiger partial charge in [0.2, 0.25) is 5.91 Å². The third-order valence-electron chi connectivity index (χ3n) is 4.96. The summed E-state index contributed by atoms with van der Waals surface area (Å²) in [6, 6.07) is -0.0963. The number of nitrogens with zero attached hydrogens (tertiary/aromatic N) is 2. The summed E-state index contributed by atoms with van der Waals surface area (Å²) in [5.74, 6) is -0.506. The minimum Gasteiger partial charge on any atom is -0.478 e. The number of carbonyl (C=O) groups is 2. The average Bonchev–Trinajstić information content (AvgIpc) is 3.10. The Labute approximate surface area is 127 Å². The predicted octanol–water partition coefficient (Wildman–Crippen LogP) is 1.49. The molecule has 4 atom stereocenters. The van der Waals surface area contributed by atoms with Crippen molar-refractivity contribution in [3.8, 4) is 0 Å². The van der Waals surface area contributed by atoms with Crippen LogP contribution in [-0.4, -0.2) is 34.4 Å². The molecule has 1 heterocycles. The summed E-state index contributed by atoms with van der Waals surface area (Å²) in [7, 11) is 1.63. The van der Waals surface area contributed by atoms with Crippen molar-refractivity contribution >= 4 is 28.4 Å². The average molecular weight is 309 g/mol. The van der Waals surface area contributed by atoms with Gasteiger partial charge in [-0.3, -0.25) is 4.79 Å². The molecule has 0 aliphatic heterocycles. The van der Waals surface area contributed by atoms with Crippen LogP contribution in [0.15, 0.2) is 0 Å². The van der Waals surface area contributed by atoms with E-state index >= 15 is 0 Å². The number of aromatic carboxylic acids is 1. The van der Waals surface area contributed by atoms with E-state index < -0.39 is 5.97 Å². The Morgan fingerprint density at radius 1 is 1.38 bits per heavy atom. The SMILES string of the molecule is Cc1nsc(N(C)C(=O)C2C3CCC(C3)C2N)c1C(=O)O. The maximum absolute atomic E-state index is 12.8. The number of amides is 1. The van der Waals surface area contributed by atoms with Gasteiger partial charge in [-0.2, -0.15) is 4.37 Å². The Morgan fingerprint density at radius 2 is 2.05 bits per heavy atom. The van der Waals surface area contributed by atoms with Crippen LogP contribution in [0.3, 0.4) is 0 Å². The minimum atomic E-state index is -1.05. The van der Waals surface area contributed by atoms with Crippen molar-refractivity contribution in [1.29, 1.82) is 0 Å². The van der Waals surface area contributed by atoms with Crippen LogP contribution >= 0.6 is 11.5 Å². The van der Waals surface area contributed by atoms with Crippen LogP contribution in [0.4, 0.5) is 5.00 Å². The van der Waals surface area contributed by atoms with Crippen molar-refractivity contribution in [3.63, 3.8) is 0 Å². The number of fused-ring (bicyclic) bond motifs is 2. The van der Waals surface area contributed by atoms with Crippen LogP contribution in [0.25, 0.3) is 0 Å². The third kappa shape index (κ3) is 2.15. The standard InChI is InChI=1S/C14H19N3O3S/c1-6-9(14(19)20)13(21-16-6)17(2)12(18)10-7-3-4-8(5-7)11(10)15/h7-8,10-11H,3-5,15H2,1-2H3,(H,19,20). The van der Waals surface area contributed by atoms with Crippen LogP contribution in [0.1, 0.15) is 35.3 Å². The van der Waals surface area contributed by atoms with Crippen LogP contribution in [0.5, 0.6) is 0 Å². The summed E-state index contributed by atoms with van der Waals surface area (Å²) in [5.41, 5.74) is 6.77. The van der Waals surface area contributed by atoms with Crippen LogP contribution in [0.2, 0.25) is 0 Å². The van der Waals surface area contributed by atoms with Crippen molar-refractivity contribution in [2.45, 2.75) is 32.2 Å². The molecule has 2 saturated carbocycles. The Morgan fingerprint density at radius 3 is 2.62 bits per heavy atom. The van der Waals surface area contributed by atoms with Crippen molar-refractivity contribution < 1.29 is 14.7 Å². The van der Waals surface area contributed by atoms with Gasteiger partial charge in [-0.05, 0) is 49.6 Å². The fourth-order valence-corrected chi connectivity index (χ4v) is 4.71. The highest BCUT2D eigenvalue weighted by molar-refractivity contribution is 7.11. The highest BCUT2D eigenvalue weighted by atomic mass is 32.1. The van der Waals surface area contributed by atoms with Crippen molar-refractivity contribution in [2.24, 2.45) is 23.5 Å². The molecule has 0 radical (unpaired) electrons. The number of carboxylic acid groups (broad SMARTS) is 1. The Kier molecular flexibility index (Phi) is 3.49. The quantitative estimate of drug-likeness (QED) is 0.881. The lowest BCUT2D eigenvalue weighted by atomic mass is 9.84. The Balaban J connectivity index is 1.87. The highest BCUT2D eigenvalue weighted by Crippen LogP contribution is 2.48. The van der Waals surface area contributed by atoms with E-state index in [9.17, 15) is 14.7 Å². The van der Waals surface area contributed by atoms with Crippen molar-refractivity contribution in [3.05, 3.63) is 11.3 Å². The topological polar surface area (TPSA) is 96.5 Å². The van der Waals surface area contributed by atoms with Gasteiger partial charge < -0.3 is 15.7 Å². The van der Waals surface area contributed by atoms with E-state index in [0.29, 0.717) is 22.5 Å². The van der Waals surface area contributed by atoms with Gasteiger partial charge in [0.05, 0.1) is 11.6 Å². The van der Waals surface area contributed by atoms with Gasteiger partial charge in [-0.1, -0.05) is 0 Å². The number of carboxylic acids is 1. The summed E-state index contributed by atoms with van der Waals surface area (Å²) in [4.78, 5) is 25.6. The largest absolute Gasteiger partial charge is 0.478 e. The van der Waals surface area contributed by atoms with Crippen LogP contribution in [-0.2, 0) is 4.79 Å². The predicted molar refractivity (Wildman–Crippen MR) is 79.5 cm³/mol. The lowest BCUT2D eigenvalue weighted by Crippen LogP contribution is -2.46. The molecule has 2 fully saturated rings. The summed E-state index contributed by atoms with van der Waals surface area (Å²) in [6.07, 6.45) is 3.19. The zero-order chi connectivity index (χ0) is 15.3. The molecule has 0 aromatic carbocycles. The number of hydrogen-bond donors (Lipinski definition) is 2. The molecule has 2 bridgehead atoms. The summed E-state index contributed by atoms with van der Waals surface area (Å²) in [6.45, 7) is 1.64. The van der Waals surface area contributed by atoms with Gasteiger partial charge in [-0.25, -0.2) is 4.79 Å². The second-order valence-corrected chi connectivity index (χ2v) is 6.84. The zero-order valence-corrected chi connectivity index (χ0v) is 12.9. The van der Waals surface area contributed by atoms with E-state index in [2.05, 4.69) is 4.37 Å². The van der Waals surface area contributed by atoms with E-state index in [1.165, 1.54) is 4.90 Å². The summed E-state index contributed by atoms with van der Waals surface area (Å²) in [5, 5.41) is 9.70. The van der Waals surface area contributed by atoms with E-state index in [0.717, 1.165) is 30.8 Å².